The minimum atomic E-state index is -0.394. The minimum absolute atomic E-state index is 0.133. The molecule has 3 heterocycles. The van der Waals surface area contributed by atoms with Crippen LogP contribution < -0.4 is 5.32 Å². The Balaban J connectivity index is 1.80. The van der Waals surface area contributed by atoms with Crippen LogP contribution in [0.15, 0.2) is 22.7 Å². The number of imidazole rings is 1. The van der Waals surface area contributed by atoms with E-state index in [1.165, 1.54) is 0 Å². The van der Waals surface area contributed by atoms with Gasteiger partial charge in [0.15, 0.2) is 0 Å². The first kappa shape index (κ1) is 14.7. The van der Waals surface area contributed by atoms with E-state index in [1.807, 2.05) is 43.7 Å². The molecule has 0 spiro atoms. The Morgan fingerprint density at radius 3 is 2.88 bits per heavy atom. The van der Waals surface area contributed by atoms with E-state index in [-0.39, 0.29) is 6.04 Å². The lowest BCUT2D eigenvalue weighted by atomic mass is 10.0. The molecule has 2 aromatic heterocycles. The fourth-order valence-electron chi connectivity index (χ4n) is 3.30. The summed E-state index contributed by atoms with van der Waals surface area (Å²) in [6.07, 6.45) is 0.314. The van der Waals surface area contributed by atoms with E-state index in [0.29, 0.717) is 13.0 Å². The van der Waals surface area contributed by atoms with Gasteiger partial charge in [0.2, 0.25) is 0 Å². The fraction of sp³-hybridized carbons (Fsp3) is 0.353. The Morgan fingerprint density at radius 2 is 2.17 bits per heavy atom. The predicted molar refractivity (Wildman–Crippen MR) is 87.5 cm³/mol. The van der Waals surface area contributed by atoms with Crippen LogP contribution in [0, 0.1) is 13.8 Å². The number of benzene rings is 1. The van der Waals surface area contributed by atoms with Gasteiger partial charge in [-0.05, 0) is 31.5 Å². The van der Waals surface area contributed by atoms with E-state index in [9.17, 15) is 4.79 Å². The molecular formula is C17H18N4O3. The number of hydrogen-bond acceptors (Lipinski definition) is 5. The third-order valence-corrected chi connectivity index (χ3v) is 4.48. The van der Waals surface area contributed by atoms with Gasteiger partial charge in [-0.25, -0.2) is 9.78 Å². The van der Waals surface area contributed by atoms with Gasteiger partial charge in [0, 0.05) is 19.0 Å². The zero-order valence-corrected chi connectivity index (χ0v) is 13.8. The molecule has 0 saturated carbocycles. The minimum Gasteiger partial charge on any atom is -0.449 e. The molecule has 124 valence electrons. The summed E-state index contributed by atoms with van der Waals surface area (Å²) in [7, 11) is 1.96. The highest BCUT2D eigenvalue weighted by molar-refractivity contribution is 5.83. The maximum absolute atomic E-state index is 11.5. The Hall–Kier alpha value is -2.83. The SMILES string of the molecule is Cc1noc(C)c1-c1ccc2c(c1)nc([C@@H]1CCOC(=O)N1)n2C. The van der Waals surface area contributed by atoms with E-state index in [1.54, 1.807) is 0 Å². The van der Waals surface area contributed by atoms with E-state index < -0.39 is 6.09 Å². The number of carbonyl (C=O) groups excluding carboxylic acids is 1. The van der Waals surface area contributed by atoms with Gasteiger partial charge in [0.25, 0.3) is 0 Å². The molecule has 1 amide bonds. The lowest BCUT2D eigenvalue weighted by Crippen LogP contribution is -2.36. The Morgan fingerprint density at radius 1 is 1.33 bits per heavy atom. The number of nitrogens with one attached hydrogen (secondary N) is 1. The molecule has 3 aromatic rings. The number of ether oxygens (including phenoxy) is 1. The van der Waals surface area contributed by atoms with E-state index in [4.69, 9.17) is 14.2 Å². The molecule has 0 radical (unpaired) electrons. The van der Waals surface area contributed by atoms with Crippen molar-refractivity contribution >= 4 is 17.1 Å². The molecule has 7 heteroatoms. The van der Waals surface area contributed by atoms with Crippen molar-refractivity contribution in [2.75, 3.05) is 6.61 Å². The number of rotatable bonds is 2. The topological polar surface area (TPSA) is 82.2 Å². The van der Waals surface area contributed by atoms with Crippen LogP contribution in [0.25, 0.3) is 22.2 Å². The van der Waals surface area contributed by atoms with E-state index >= 15 is 0 Å². The second-order valence-electron chi connectivity index (χ2n) is 6.05. The highest BCUT2D eigenvalue weighted by Gasteiger charge is 2.25. The molecule has 0 unspecified atom stereocenters. The first-order valence-electron chi connectivity index (χ1n) is 7.87. The van der Waals surface area contributed by atoms with Crippen molar-refractivity contribution in [1.82, 2.24) is 20.0 Å². The molecule has 1 N–H and O–H groups in total. The first-order chi connectivity index (χ1) is 11.5. The van der Waals surface area contributed by atoms with Crippen LogP contribution in [0.1, 0.15) is 29.7 Å². The molecule has 0 aliphatic carbocycles. The Labute approximate surface area is 138 Å². The first-order valence-corrected chi connectivity index (χ1v) is 7.87. The number of nitrogens with zero attached hydrogens (tertiary/aromatic N) is 3. The van der Waals surface area contributed by atoms with Gasteiger partial charge in [-0.3, -0.25) is 0 Å². The largest absolute Gasteiger partial charge is 0.449 e. The summed E-state index contributed by atoms with van der Waals surface area (Å²) in [4.78, 5) is 16.2. The van der Waals surface area contributed by atoms with Crippen LogP contribution in [0.3, 0.4) is 0 Å². The summed E-state index contributed by atoms with van der Waals surface area (Å²) in [6.45, 7) is 4.24. The molecule has 4 rings (SSSR count). The van der Waals surface area contributed by atoms with Crippen molar-refractivity contribution < 1.29 is 14.1 Å². The Kier molecular flexibility index (Phi) is 3.30. The Bertz CT molecular complexity index is 921. The predicted octanol–water partition coefficient (Wildman–Crippen LogP) is 3.02. The van der Waals surface area contributed by atoms with Crippen molar-refractivity contribution in [3.63, 3.8) is 0 Å². The molecule has 0 bridgehead atoms. The smallest absolute Gasteiger partial charge is 0.407 e. The maximum atomic E-state index is 11.5. The number of cyclic esters (lactones) is 1. The van der Waals surface area contributed by atoms with Crippen LogP contribution in [0.4, 0.5) is 4.79 Å². The van der Waals surface area contributed by atoms with Crippen LogP contribution in [-0.2, 0) is 11.8 Å². The van der Waals surface area contributed by atoms with Gasteiger partial charge in [0.1, 0.15) is 11.6 Å². The normalized spacial score (nSPS) is 17.8. The monoisotopic (exact) mass is 326 g/mol. The van der Waals surface area contributed by atoms with Gasteiger partial charge in [0.05, 0.1) is 29.4 Å². The van der Waals surface area contributed by atoms with Crippen molar-refractivity contribution in [2.45, 2.75) is 26.3 Å². The average molecular weight is 326 g/mol. The quantitative estimate of drug-likeness (QED) is 0.783. The molecular weight excluding hydrogens is 308 g/mol. The van der Waals surface area contributed by atoms with Crippen LogP contribution in [-0.4, -0.2) is 27.4 Å². The second kappa shape index (κ2) is 5.36. The van der Waals surface area contributed by atoms with Gasteiger partial charge >= 0.3 is 6.09 Å². The van der Waals surface area contributed by atoms with Gasteiger partial charge < -0.3 is 19.1 Å². The molecule has 7 nitrogen and oxygen atoms in total. The number of alkyl carbamates (subject to hydrolysis) is 1. The molecule has 1 aliphatic heterocycles. The molecule has 1 saturated heterocycles. The average Bonchev–Trinajstić information content (AvgIpc) is 3.07. The number of fused-ring (bicyclic) bond motifs is 1. The molecule has 1 aromatic carbocycles. The van der Waals surface area contributed by atoms with Gasteiger partial charge in [-0.15, -0.1) is 0 Å². The molecule has 24 heavy (non-hydrogen) atoms. The highest BCUT2D eigenvalue weighted by Crippen LogP contribution is 2.31. The summed E-state index contributed by atoms with van der Waals surface area (Å²) in [5, 5.41) is 6.84. The fourth-order valence-corrected chi connectivity index (χ4v) is 3.30. The van der Waals surface area contributed by atoms with Crippen LogP contribution in [0.2, 0.25) is 0 Å². The van der Waals surface area contributed by atoms with Crippen molar-refractivity contribution in [2.24, 2.45) is 7.05 Å². The molecule has 1 fully saturated rings. The molecule has 1 atom stereocenters. The summed E-state index contributed by atoms with van der Waals surface area (Å²) < 4.78 is 12.2. The summed E-state index contributed by atoms with van der Waals surface area (Å²) in [5.74, 6) is 1.62. The maximum Gasteiger partial charge on any atom is 0.407 e. The third-order valence-electron chi connectivity index (χ3n) is 4.48. The van der Waals surface area contributed by atoms with Crippen molar-refractivity contribution in [3.8, 4) is 11.1 Å². The standard InChI is InChI=1S/C17H18N4O3/c1-9-15(10(2)24-20-9)11-4-5-14-13(8-11)18-16(21(14)3)12-6-7-23-17(22)19-12/h4-5,8,12H,6-7H2,1-3H3,(H,19,22)/t12-/m0/s1. The zero-order valence-electron chi connectivity index (χ0n) is 13.8. The number of carbonyl (C=O) groups is 1. The van der Waals surface area contributed by atoms with Crippen LogP contribution >= 0.6 is 0 Å². The highest BCUT2D eigenvalue weighted by atomic mass is 16.5. The van der Waals surface area contributed by atoms with E-state index in [0.717, 1.165) is 39.4 Å². The summed E-state index contributed by atoms with van der Waals surface area (Å²) in [6, 6.07) is 5.98. The lowest BCUT2D eigenvalue weighted by Gasteiger charge is -2.22. The zero-order chi connectivity index (χ0) is 16.8. The second-order valence-corrected chi connectivity index (χ2v) is 6.05. The van der Waals surface area contributed by atoms with Crippen molar-refractivity contribution in [3.05, 3.63) is 35.5 Å². The van der Waals surface area contributed by atoms with Crippen molar-refractivity contribution in [1.29, 1.82) is 0 Å². The third kappa shape index (κ3) is 2.24. The number of aryl methyl sites for hydroxylation is 3. The number of amides is 1. The van der Waals surface area contributed by atoms with Gasteiger partial charge in [-0.1, -0.05) is 11.2 Å². The summed E-state index contributed by atoms with van der Waals surface area (Å²) in [5.41, 5.74) is 4.79. The number of hydrogen-bond donors (Lipinski definition) is 1. The van der Waals surface area contributed by atoms with Crippen LogP contribution in [0.5, 0.6) is 0 Å². The molecule has 1 aliphatic rings. The van der Waals surface area contributed by atoms with Gasteiger partial charge in [-0.2, -0.15) is 0 Å². The lowest BCUT2D eigenvalue weighted by molar-refractivity contribution is 0.114. The summed E-state index contributed by atoms with van der Waals surface area (Å²) >= 11 is 0. The van der Waals surface area contributed by atoms with E-state index in [2.05, 4.69) is 10.5 Å². The number of aromatic nitrogens is 3.